The van der Waals surface area contributed by atoms with E-state index >= 15 is 0 Å². The zero-order chi connectivity index (χ0) is 18.6. The van der Waals surface area contributed by atoms with Gasteiger partial charge in [-0.3, -0.25) is 9.59 Å². The van der Waals surface area contributed by atoms with Crippen LogP contribution in [-0.4, -0.2) is 5.91 Å². The molecule has 2 rings (SSSR count). The summed E-state index contributed by atoms with van der Waals surface area (Å²) in [5.41, 5.74) is 2.90. The summed E-state index contributed by atoms with van der Waals surface area (Å²) < 4.78 is 5.63. The number of benzene rings is 1. The van der Waals surface area contributed by atoms with E-state index in [-0.39, 0.29) is 23.2 Å². The number of anilines is 1. The molecule has 1 aromatic carbocycles. The number of para-hydroxylation sites is 1. The predicted molar refractivity (Wildman–Crippen MR) is 100 cm³/mol. The Kier molecular flexibility index (Phi) is 5.82. The molecule has 0 bridgehead atoms. The van der Waals surface area contributed by atoms with Gasteiger partial charge in [-0.05, 0) is 37.8 Å². The van der Waals surface area contributed by atoms with Gasteiger partial charge in [0, 0.05) is 11.3 Å². The number of carbonyl (C=O) groups is 1. The van der Waals surface area contributed by atoms with Crippen LogP contribution in [0.4, 0.5) is 5.69 Å². The molecule has 1 aromatic heterocycles. The summed E-state index contributed by atoms with van der Waals surface area (Å²) in [6.45, 7) is 7.40. The summed E-state index contributed by atoms with van der Waals surface area (Å²) in [4.78, 5) is 25.5. The number of carbonyl (C=O) groups excluding carboxylic acids is 1. The summed E-state index contributed by atoms with van der Waals surface area (Å²) in [5.74, 6) is 2.69. The average Bonchev–Trinajstić information content (AvgIpc) is 2.60. The van der Waals surface area contributed by atoms with Crippen LogP contribution in [-0.2, 0) is 19.3 Å². The maximum Gasteiger partial charge on any atom is 0.263 e. The molecule has 0 fully saturated rings. The highest BCUT2D eigenvalue weighted by Gasteiger charge is 2.22. The second-order valence-corrected chi connectivity index (χ2v) is 5.90. The van der Waals surface area contributed by atoms with E-state index in [1.165, 1.54) is 0 Å². The molecule has 0 aliphatic rings. The topological polar surface area (TPSA) is 59.3 Å². The molecule has 0 aliphatic carbocycles. The molecule has 0 saturated carbocycles. The van der Waals surface area contributed by atoms with Crippen LogP contribution in [0.5, 0.6) is 0 Å². The van der Waals surface area contributed by atoms with Crippen LogP contribution in [0.25, 0.3) is 0 Å². The van der Waals surface area contributed by atoms with E-state index in [1.54, 1.807) is 13.8 Å². The molecule has 130 valence electrons. The Balaban J connectivity index is 2.56. The largest absolute Gasteiger partial charge is 0.464 e. The van der Waals surface area contributed by atoms with Gasteiger partial charge in [0.2, 0.25) is 5.43 Å². The number of aryl methyl sites for hydroxylation is 3. The van der Waals surface area contributed by atoms with E-state index < -0.39 is 5.91 Å². The molecular formula is C21H23NO3. The van der Waals surface area contributed by atoms with E-state index in [1.807, 2.05) is 32.0 Å². The van der Waals surface area contributed by atoms with Gasteiger partial charge in [-0.2, -0.15) is 0 Å². The Hall–Kier alpha value is -2.80. The molecule has 25 heavy (non-hydrogen) atoms. The predicted octanol–water partition coefficient (Wildman–Crippen LogP) is 3.81. The zero-order valence-corrected chi connectivity index (χ0v) is 15.2. The van der Waals surface area contributed by atoms with E-state index in [4.69, 9.17) is 10.8 Å². The quantitative estimate of drug-likeness (QED) is 0.844. The fourth-order valence-electron chi connectivity index (χ4n) is 2.81. The van der Waals surface area contributed by atoms with Gasteiger partial charge < -0.3 is 9.73 Å². The lowest BCUT2D eigenvalue weighted by Crippen LogP contribution is -2.26. The smallest absolute Gasteiger partial charge is 0.263 e. The first kappa shape index (κ1) is 18.5. The van der Waals surface area contributed by atoms with Crippen molar-refractivity contribution in [1.82, 2.24) is 0 Å². The summed E-state index contributed by atoms with van der Waals surface area (Å²) in [6, 6.07) is 5.92. The van der Waals surface area contributed by atoms with Crippen molar-refractivity contribution in [2.75, 3.05) is 5.32 Å². The molecule has 4 heteroatoms. The monoisotopic (exact) mass is 337 g/mol. The lowest BCUT2D eigenvalue weighted by atomic mass is 10.0. The molecular weight excluding hydrogens is 314 g/mol. The van der Waals surface area contributed by atoms with E-state index in [2.05, 4.69) is 11.2 Å². The highest BCUT2D eigenvalue weighted by atomic mass is 16.3. The van der Waals surface area contributed by atoms with E-state index in [0.29, 0.717) is 11.3 Å². The van der Waals surface area contributed by atoms with Gasteiger partial charge in [0.1, 0.15) is 17.1 Å². The second kappa shape index (κ2) is 7.85. The van der Waals surface area contributed by atoms with Gasteiger partial charge in [-0.15, -0.1) is 6.42 Å². The fraction of sp³-hybridized carbons (Fsp3) is 0.333. The second-order valence-electron chi connectivity index (χ2n) is 5.90. The third-order valence-electron chi connectivity index (χ3n) is 4.38. The molecule has 1 N–H and O–H groups in total. The summed E-state index contributed by atoms with van der Waals surface area (Å²) in [6.07, 6.45) is 7.02. The third-order valence-corrected chi connectivity index (χ3v) is 4.38. The minimum Gasteiger partial charge on any atom is -0.464 e. The molecule has 0 saturated heterocycles. The first-order valence-electron chi connectivity index (χ1n) is 8.43. The lowest BCUT2D eigenvalue weighted by Gasteiger charge is -2.15. The summed E-state index contributed by atoms with van der Waals surface area (Å²) >= 11 is 0. The van der Waals surface area contributed by atoms with E-state index in [0.717, 1.165) is 29.7 Å². The van der Waals surface area contributed by atoms with Crippen LogP contribution in [0.1, 0.15) is 52.4 Å². The Morgan fingerprint density at radius 3 is 2.32 bits per heavy atom. The molecule has 0 spiro atoms. The molecule has 2 aromatic rings. The fourth-order valence-corrected chi connectivity index (χ4v) is 2.81. The number of hydrogen-bond donors (Lipinski definition) is 1. The molecule has 0 aliphatic heterocycles. The zero-order valence-electron chi connectivity index (χ0n) is 15.2. The molecule has 1 amide bonds. The van der Waals surface area contributed by atoms with Gasteiger partial charge in [0.05, 0.1) is 6.42 Å². The normalized spacial score (nSPS) is 10.4. The van der Waals surface area contributed by atoms with Gasteiger partial charge in [-0.1, -0.05) is 38.0 Å². The van der Waals surface area contributed by atoms with E-state index in [9.17, 15) is 9.59 Å². The lowest BCUT2D eigenvalue weighted by molar-refractivity contribution is 0.102. The van der Waals surface area contributed by atoms with Gasteiger partial charge in [-0.25, -0.2) is 0 Å². The van der Waals surface area contributed by atoms with Crippen molar-refractivity contribution in [1.29, 1.82) is 0 Å². The SMILES string of the molecule is C#CCc1oc(C)c(C)c(=O)c1C(=O)Nc1c(CC)cccc1CC. The van der Waals surface area contributed by atoms with Gasteiger partial charge in [0.25, 0.3) is 5.91 Å². The van der Waals surface area contributed by atoms with Crippen LogP contribution in [0, 0.1) is 26.2 Å². The first-order chi connectivity index (χ1) is 11.9. The highest BCUT2D eigenvalue weighted by Crippen LogP contribution is 2.24. The molecule has 4 nitrogen and oxygen atoms in total. The third kappa shape index (κ3) is 3.66. The minimum atomic E-state index is -0.474. The van der Waals surface area contributed by atoms with Crippen LogP contribution in [0.2, 0.25) is 0 Å². The van der Waals surface area contributed by atoms with Crippen molar-refractivity contribution in [3.63, 3.8) is 0 Å². The Labute approximate surface area is 148 Å². The highest BCUT2D eigenvalue weighted by molar-refractivity contribution is 6.05. The first-order valence-corrected chi connectivity index (χ1v) is 8.43. The molecule has 0 atom stereocenters. The van der Waals surface area contributed by atoms with Crippen molar-refractivity contribution in [2.24, 2.45) is 0 Å². The minimum absolute atomic E-state index is 0.00555. The number of hydrogen-bond acceptors (Lipinski definition) is 3. The average molecular weight is 337 g/mol. The maximum atomic E-state index is 12.9. The van der Waals surface area contributed by atoms with Crippen LogP contribution in [0.3, 0.4) is 0 Å². The van der Waals surface area contributed by atoms with Crippen molar-refractivity contribution < 1.29 is 9.21 Å². The molecule has 0 unspecified atom stereocenters. The molecule has 1 heterocycles. The van der Waals surface area contributed by atoms with Gasteiger partial charge >= 0.3 is 0 Å². The van der Waals surface area contributed by atoms with Crippen LogP contribution in [0.15, 0.2) is 27.4 Å². The van der Waals surface area contributed by atoms with Crippen molar-refractivity contribution in [2.45, 2.75) is 47.0 Å². The molecule has 0 radical (unpaired) electrons. The number of nitrogens with one attached hydrogen (secondary N) is 1. The Morgan fingerprint density at radius 2 is 1.80 bits per heavy atom. The standard InChI is InChI=1S/C21H23NO3/c1-6-10-17-18(20(23)13(4)14(5)25-17)21(24)22-19-15(7-2)11-9-12-16(19)8-3/h1,9,11-12H,7-8,10H2,2-5H3,(H,22,24). The summed E-state index contributed by atoms with van der Waals surface area (Å²) in [5, 5.41) is 2.92. The summed E-state index contributed by atoms with van der Waals surface area (Å²) in [7, 11) is 0. The van der Waals surface area contributed by atoms with Gasteiger partial charge in [0.15, 0.2) is 0 Å². The number of rotatable bonds is 5. The maximum absolute atomic E-state index is 12.9. The Morgan fingerprint density at radius 1 is 1.20 bits per heavy atom. The van der Waals surface area contributed by atoms with Crippen molar-refractivity contribution >= 4 is 11.6 Å². The number of terminal acetylenes is 1. The Bertz CT molecular complexity index is 878. The van der Waals surface area contributed by atoms with Crippen molar-refractivity contribution in [3.8, 4) is 12.3 Å². The van der Waals surface area contributed by atoms with Crippen LogP contribution >= 0.6 is 0 Å². The number of amides is 1. The van der Waals surface area contributed by atoms with Crippen LogP contribution < -0.4 is 10.7 Å². The van der Waals surface area contributed by atoms with Crippen molar-refractivity contribution in [3.05, 3.63) is 62.2 Å².